The highest BCUT2D eigenvalue weighted by Crippen LogP contribution is 2.49. The zero-order valence-corrected chi connectivity index (χ0v) is 18.7. The Balaban J connectivity index is 0.00000256. The summed E-state index contributed by atoms with van der Waals surface area (Å²) in [6.45, 7) is 3.48. The van der Waals surface area contributed by atoms with Crippen LogP contribution in [0.25, 0.3) is 0 Å². The maximum Gasteiger partial charge on any atom is 0.236 e. The summed E-state index contributed by atoms with van der Waals surface area (Å²) in [6.07, 6.45) is 4.90. The number of ether oxygens (including phenoxy) is 1. The van der Waals surface area contributed by atoms with E-state index in [1.54, 1.807) is 7.11 Å². The van der Waals surface area contributed by atoms with Gasteiger partial charge in [0.15, 0.2) is 0 Å². The molecular weight excluding hydrogens is 402 g/mol. The van der Waals surface area contributed by atoms with Crippen LogP contribution in [0.4, 0.5) is 0 Å². The SMILES string of the molecule is COCC1(C(=O)N2CC3CN(C(=O)CN)CC3(CCc3ccccc3)C2)CCC1.Cl. The predicted molar refractivity (Wildman–Crippen MR) is 118 cm³/mol. The van der Waals surface area contributed by atoms with Crippen LogP contribution in [0.5, 0.6) is 0 Å². The van der Waals surface area contributed by atoms with Gasteiger partial charge in [-0.2, -0.15) is 0 Å². The van der Waals surface area contributed by atoms with E-state index >= 15 is 0 Å². The molecule has 166 valence electrons. The number of benzene rings is 1. The lowest BCUT2D eigenvalue weighted by atomic mass is 9.68. The minimum atomic E-state index is -0.319. The average Bonchev–Trinajstić information content (AvgIpc) is 3.23. The molecule has 3 fully saturated rings. The van der Waals surface area contributed by atoms with Crippen LogP contribution in [0.3, 0.4) is 0 Å². The van der Waals surface area contributed by atoms with E-state index in [0.717, 1.165) is 45.2 Å². The maximum atomic E-state index is 13.4. The van der Waals surface area contributed by atoms with Crippen LogP contribution in [0.1, 0.15) is 31.2 Å². The Morgan fingerprint density at radius 1 is 1.13 bits per heavy atom. The third-order valence-corrected chi connectivity index (χ3v) is 7.51. The lowest BCUT2D eigenvalue weighted by Crippen LogP contribution is -2.51. The number of carbonyl (C=O) groups excluding carboxylic acids is 2. The topological polar surface area (TPSA) is 75.9 Å². The molecule has 0 bridgehead atoms. The third kappa shape index (κ3) is 4.10. The van der Waals surface area contributed by atoms with Crippen molar-refractivity contribution in [3.8, 4) is 0 Å². The number of aryl methyl sites for hydroxylation is 1. The van der Waals surface area contributed by atoms with Crippen molar-refractivity contribution in [2.24, 2.45) is 22.5 Å². The molecule has 4 rings (SSSR count). The third-order valence-electron chi connectivity index (χ3n) is 7.51. The van der Waals surface area contributed by atoms with Gasteiger partial charge in [0.05, 0.1) is 18.6 Å². The maximum absolute atomic E-state index is 13.4. The summed E-state index contributed by atoms with van der Waals surface area (Å²) < 4.78 is 5.40. The Kier molecular flexibility index (Phi) is 7.10. The summed E-state index contributed by atoms with van der Waals surface area (Å²) in [5.41, 5.74) is 6.59. The van der Waals surface area contributed by atoms with Crippen LogP contribution in [0.2, 0.25) is 0 Å². The molecular formula is C23H34ClN3O3. The molecule has 7 heteroatoms. The first kappa shape index (κ1) is 23.0. The Bertz CT molecular complexity index is 755. The van der Waals surface area contributed by atoms with Crippen molar-refractivity contribution in [1.29, 1.82) is 0 Å². The molecule has 6 nitrogen and oxygen atoms in total. The number of carbonyl (C=O) groups is 2. The Labute approximate surface area is 185 Å². The lowest BCUT2D eigenvalue weighted by Gasteiger charge is -2.42. The molecule has 0 radical (unpaired) electrons. The second-order valence-electron chi connectivity index (χ2n) is 9.28. The van der Waals surface area contributed by atoms with Gasteiger partial charge in [-0.05, 0) is 31.2 Å². The van der Waals surface area contributed by atoms with E-state index in [2.05, 4.69) is 29.2 Å². The number of hydrogen-bond acceptors (Lipinski definition) is 4. The first-order chi connectivity index (χ1) is 14.0. The minimum absolute atomic E-state index is 0. The molecule has 1 aromatic carbocycles. The number of rotatable bonds is 7. The van der Waals surface area contributed by atoms with Crippen LogP contribution >= 0.6 is 12.4 Å². The molecule has 1 aliphatic carbocycles. The molecule has 2 N–H and O–H groups in total. The number of hydrogen-bond donors (Lipinski definition) is 1. The smallest absolute Gasteiger partial charge is 0.236 e. The van der Waals surface area contributed by atoms with E-state index < -0.39 is 0 Å². The Morgan fingerprint density at radius 3 is 2.40 bits per heavy atom. The summed E-state index contributed by atoms with van der Waals surface area (Å²) in [5, 5.41) is 0. The number of fused-ring (bicyclic) bond motifs is 1. The second kappa shape index (κ2) is 9.25. The molecule has 2 saturated heterocycles. The molecule has 3 aliphatic rings. The number of halogens is 1. The van der Waals surface area contributed by atoms with E-state index in [-0.39, 0.29) is 41.6 Å². The van der Waals surface area contributed by atoms with E-state index in [9.17, 15) is 9.59 Å². The van der Waals surface area contributed by atoms with Crippen molar-refractivity contribution in [1.82, 2.24) is 9.80 Å². The number of nitrogens with zero attached hydrogens (tertiary/aromatic N) is 2. The van der Waals surface area contributed by atoms with Crippen LogP contribution < -0.4 is 5.73 Å². The van der Waals surface area contributed by atoms with E-state index in [4.69, 9.17) is 10.5 Å². The highest BCUT2D eigenvalue weighted by Gasteiger charge is 2.56. The largest absolute Gasteiger partial charge is 0.384 e. The molecule has 2 atom stereocenters. The zero-order chi connectivity index (χ0) is 20.5. The van der Waals surface area contributed by atoms with Crippen molar-refractivity contribution in [2.45, 2.75) is 32.1 Å². The standard InChI is InChI=1S/C23H33N3O3.ClH/c1-29-17-22(9-5-10-22)21(28)26-14-19-13-25(20(27)12-24)15-23(19,16-26)11-8-18-6-3-2-4-7-18;/h2-4,6-7,19H,5,8-17,24H2,1H3;1H. The minimum Gasteiger partial charge on any atom is -0.384 e. The normalized spacial score (nSPS) is 26.7. The van der Waals surface area contributed by atoms with Crippen LogP contribution in [-0.4, -0.2) is 68.1 Å². The van der Waals surface area contributed by atoms with Gasteiger partial charge in [0.25, 0.3) is 0 Å². The van der Waals surface area contributed by atoms with Gasteiger partial charge in [0.1, 0.15) is 0 Å². The fourth-order valence-electron chi connectivity index (χ4n) is 5.68. The lowest BCUT2D eigenvalue weighted by molar-refractivity contribution is -0.151. The Morgan fingerprint density at radius 2 is 1.80 bits per heavy atom. The molecule has 2 unspecified atom stereocenters. The van der Waals surface area contributed by atoms with Gasteiger partial charge in [-0.25, -0.2) is 0 Å². The average molecular weight is 436 g/mol. The van der Waals surface area contributed by atoms with Gasteiger partial charge >= 0.3 is 0 Å². The second-order valence-corrected chi connectivity index (χ2v) is 9.28. The van der Waals surface area contributed by atoms with Crippen molar-refractivity contribution >= 4 is 24.2 Å². The molecule has 1 aromatic rings. The van der Waals surface area contributed by atoms with E-state index in [0.29, 0.717) is 25.6 Å². The monoisotopic (exact) mass is 435 g/mol. The summed E-state index contributed by atoms with van der Waals surface area (Å²) in [4.78, 5) is 29.7. The van der Waals surface area contributed by atoms with Crippen molar-refractivity contribution in [3.63, 3.8) is 0 Å². The quantitative estimate of drug-likeness (QED) is 0.711. The van der Waals surface area contributed by atoms with E-state index in [1.165, 1.54) is 5.56 Å². The summed E-state index contributed by atoms with van der Waals surface area (Å²) >= 11 is 0. The molecule has 2 amide bonds. The van der Waals surface area contributed by atoms with Crippen LogP contribution in [0, 0.1) is 16.7 Å². The molecule has 0 spiro atoms. The number of likely N-dealkylation sites (tertiary alicyclic amines) is 2. The number of amides is 2. The first-order valence-corrected chi connectivity index (χ1v) is 10.8. The van der Waals surface area contributed by atoms with Gasteiger partial charge in [0.2, 0.25) is 11.8 Å². The highest BCUT2D eigenvalue weighted by atomic mass is 35.5. The highest BCUT2D eigenvalue weighted by molar-refractivity contribution is 5.85. The number of methoxy groups -OCH3 is 1. The van der Waals surface area contributed by atoms with Gasteiger partial charge in [-0.15, -0.1) is 12.4 Å². The van der Waals surface area contributed by atoms with Crippen LogP contribution in [0.15, 0.2) is 30.3 Å². The molecule has 1 saturated carbocycles. The fourth-order valence-corrected chi connectivity index (χ4v) is 5.68. The van der Waals surface area contributed by atoms with Crippen molar-refractivity contribution in [2.75, 3.05) is 46.4 Å². The molecule has 0 aromatic heterocycles. The summed E-state index contributed by atoms with van der Waals surface area (Å²) in [5.74, 6) is 0.604. The van der Waals surface area contributed by atoms with Gasteiger partial charge < -0.3 is 20.3 Å². The summed E-state index contributed by atoms with van der Waals surface area (Å²) in [6, 6.07) is 10.5. The summed E-state index contributed by atoms with van der Waals surface area (Å²) in [7, 11) is 1.68. The predicted octanol–water partition coefficient (Wildman–Crippen LogP) is 2.10. The van der Waals surface area contributed by atoms with Crippen molar-refractivity contribution < 1.29 is 14.3 Å². The van der Waals surface area contributed by atoms with E-state index in [1.807, 2.05) is 11.0 Å². The molecule has 2 aliphatic heterocycles. The number of nitrogens with two attached hydrogens (primary N) is 1. The van der Waals surface area contributed by atoms with Gasteiger partial charge in [-0.3, -0.25) is 9.59 Å². The fraction of sp³-hybridized carbons (Fsp3) is 0.652. The van der Waals surface area contributed by atoms with Crippen molar-refractivity contribution in [3.05, 3.63) is 35.9 Å². The zero-order valence-electron chi connectivity index (χ0n) is 17.8. The van der Waals surface area contributed by atoms with Gasteiger partial charge in [0, 0.05) is 44.6 Å². The molecule has 30 heavy (non-hydrogen) atoms. The first-order valence-electron chi connectivity index (χ1n) is 10.8. The molecule has 2 heterocycles. The van der Waals surface area contributed by atoms with Gasteiger partial charge in [-0.1, -0.05) is 36.8 Å². The Hall–Kier alpha value is -1.63. The van der Waals surface area contributed by atoms with Crippen LogP contribution in [-0.2, 0) is 20.7 Å².